The third-order valence-corrected chi connectivity index (χ3v) is 6.31. The van der Waals surface area contributed by atoms with E-state index in [2.05, 4.69) is 25.2 Å². The summed E-state index contributed by atoms with van der Waals surface area (Å²) < 4.78 is 32.0. The number of nitrogens with zero attached hydrogens (tertiary/aromatic N) is 6. The van der Waals surface area contributed by atoms with Crippen molar-refractivity contribution in [2.75, 3.05) is 44.0 Å². The average molecular weight is 534 g/mol. The van der Waals surface area contributed by atoms with Crippen molar-refractivity contribution in [3.05, 3.63) is 41.1 Å². The predicted molar refractivity (Wildman–Crippen MR) is 141 cm³/mol. The van der Waals surface area contributed by atoms with Gasteiger partial charge in [0.15, 0.2) is 0 Å². The van der Waals surface area contributed by atoms with Crippen LogP contribution in [0.15, 0.2) is 24.0 Å². The second-order valence-corrected chi connectivity index (χ2v) is 9.40. The highest BCUT2D eigenvalue weighted by Gasteiger charge is 2.36. The number of aryl methyl sites for hydroxylation is 1. The summed E-state index contributed by atoms with van der Waals surface area (Å²) in [5, 5.41) is 12.6. The molecule has 0 spiro atoms. The van der Waals surface area contributed by atoms with Gasteiger partial charge in [0.2, 0.25) is 5.95 Å². The molecular formula is C25H37F2N9O2. The lowest BCUT2D eigenvalue weighted by atomic mass is 10.1. The first-order valence-electron chi connectivity index (χ1n) is 12.6. The summed E-state index contributed by atoms with van der Waals surface area (Å²) in [5.41, 5.74) is 10.4. The molecule has 2 aromatic heterocycles. The van der Waals surface area contributed by atoms with Gasteiger partial charge in [0.1, 0.15) is 0 Å². The van der Waals surface area contributed by atoms with Gasteiger partial charge >= 0.3 is 5.97 Å². The van der Waals surface area contributed by atoms with Crippen molar-refractivity contribution in [3.8, 4) is 0 Å². The maximum absolute atomic E-state index is 13.9. The number of ether oxygens (including phenoxy) is 1. The molecule has 2 aromatic rings. The number of carbonyl (C=O) groups excluding carboxylic acids is 1. The van der Waals surface area contributed by atoms with Crippen molar-refractivity contribution in [3.63, 3.8) is 0 Å². The van der Waals surface area contributed by atoms with E-state index >= 15 is 0 Å². The quantitative estimate of drug-likeness (QED) is 0.261. The van der Waals surface area contributed by atoms with Gasteiger partial charge < -0.3 is 25.7 Å². The van der Waals surface area contributed by atoms with Crippen molar-refractivity contribution in [2.24, 2.45) is 11.6 Å². The Balaban J connectivity index is 0.000000732. The van der Waals surface area contributed by atoms with Crippen LogP contribution in [0, 0.1) is 0 Å². The van der Waals surface area contributed by atoms with E-state index in [9.17, 15) is 13.6 Å². The van der Waals surface area contributed by atoms with Crippen LogP contribution in [-0.4, -0.2) is 70.9 Å². The number of alkyl halides is 2. The standard InChI is InChI=1S/C22H31F2N9.C3H6O2/c1-3-15-18(33-10-4-9-22(23,24)13-33)8-7-16(29-15)20(25)19(32(2)26)12-27-21-30-17(11-28-31-21)14-5-6-14;1-3(4)5-2/h7-8,11,14H,3-6,9-10,12-13,25-26H2,1-2H3,(H,27,30,31);1-2H3/b20-19-;. The Hall–Kier alpha value is -3.61. The Morgan fingerprint density at radius 1 is 1.32 bits per heavy atom. The zero-order valence-corrected chi connectivity index (χ0v) is 22.4. The second-order valence-electron chi connectivity index (χ2n) is 9.40. The molecule has 0 radical (unpaired) electrons. The smallest absolute Gasteiger partial charge is 0.302 e. The van der Waals surface area contributed by atoms with Gasteiger partial charge in [-0.25, -0.2) is 24.6 Å². The summed E-state index contributed by atoms with van der Waals surface area (Å²) in [7, 11) is 3.04. The maximum Gasteiger partial charge on any atom is 0.302 e. The molecule has 0 unspecified atom stereocenters. The molecule has 0 amide bonds. The molecule has 1 aliphatic carbocycles. The summed E-state index contributed by atoms with van der Waals surface area (Å²) in [6, 6.07) is 3.58. The maximum atomic E-state index is 13.9. The molecule has 13 heteroatoms. The molecule has 38 heavy (non-hydrogen) atoms. The number of hydrogen-bond acceptors (Lipinski definition) is 11. The first-order valence-corrected chi connectivity index (χ1v) is 12.6. The lowest BCUT2D eigenvalue weighted by Gasteiger charge is -2.35. The Kier molecular flexibility index (Phi) is 9.72. The number of carbonyl (C=O) groups is 1. The molecule has 0 aromatic carbocycles. The van der Waals surface area contributed by atoms with Gasteiger partial charge in [0.05, 0.1) is 60.6 Å². The molecule has 2 fully saturated rings. The molecule has 1 saturated heterocycles. The van der Waals surface area contributed by atoms with E-state index in [4.69, 9.17) is 16.6 Å². The molecule has 11 nitrogen and oxygen atoms in total. The van der Waals surface area contributed by atoms with Gasteiger partial charge in [0.25, 0.3) is 5.92 Å². The average Bonchev–Trinajstić information content (AvgIpc) is 3.74. The largest absolute Gasteiger partial charge is 0.469 e. The van der Waals surface area contributed by atoms with E-state index in [0.29, 0.717) is 48.3 Å². The fraction of sp³-hybridized carbons (Fsp3) is 0.560. The summed E-state index contributed by atoms with van der Waals surface area (Å²) >= 11 is 0. The third-order valence-electron chi connectivity index (χ3n) is 6.31. The minimum Gasteiger partial charge on any atom is -0.469 e. The molecule has 1 aliphatic heterocycles. The van der Waals surface area contributed by atoms with Gasteiger partial charge in [-0.3, -0.25) is 4.79 Å². The van der Waals surface area contributed by atoms with E-state index in [-0.39, 0.29) is 25.5 Å². The number of anilines is 2. The highest BCUT2D eigenvalue weighted by molar-refractivity contribution is 5.66. The van der Waals surface area contributed by atoms with Crippen LogP contribution in [-0.2, 0) is 16.0 Å². The van der Waals surface area contributed by atoms with Crippen LogP contribution in [0.2, 0.25) is 0 Å². The number of aromatic nitrogens is 4. The Morgan fingerprint density at radius 3 is 2.61 bits per heavy atom. The van der Waals surface area contributed by atoms with E-state index in [0.717, 1.165) is 29.9 Å². The molecular weight excluding hydrogens is 496 g/mol. The van der Waals surface area contributed by atoms with Crippen LogP contribution in [0.1, 0.15) is 62.5 Å². The van der Waals surface area contributed by atoms with Crippen molar-refractivity contribution in [1.82, 2.24) is 25.2 Å². The lowest BCUT2D eigenvalue weighted by molar-refractivity contribution is -0.137. The van der Waals surface area contributed by atoms with E-state index in [1.54, 1.807) is 24.2 Å². The number of piperidine rings is 1. The third kappa shape index (κ3) is 7.94. The van der Waals surface area contributed by atoms with Crippen LogP contribution in [0.25, 0.3) is 5.70 Å². The monoisotopic (exact) mass is 533 g/mol. The zero-order valence-electron chi connectivity index (χ0n) is 22.4. The van der Waals surface area contributed by atoms with Crippen LogP contribution < -0.4 is 21.8 Å². The van der Waals surface area contributed by atoms with Gasteiger partial charge in [-0.2, -0.15) is 5.10 Å². The number of nitrogens with two attached hydrogens (primary N) is 2. The number of hydrazine groups is 1. The number of methoxy groups -OCH3 is 1. The molecule has 2 aliphatic rings. The van der Waals surface area contributed by atoms with Gasteiger partial charge in [0, 0.05) is 32.9 Å². The number of pyridine rings is 1. The van der Waals surface area contributed by atoms with Crippen LogP contribution in [0.5, 0.6) is 0 Å². The number of hydrogen-bond donors (Lipinski definition) is 3. The normalized spacial score (nSPS) is 17.1. The zero-order chi connectivity index (χ0) is 27.9. The fourth-order valence-corrected chi connectivity index (χ4v) is 4.05. The molecule has 0 bridgehead atoms. The number of likely N-dealkylation sites (N-methyl/N-ethyl adjacent to an activating group) is 1. The minimum atomic E-state index is -2.68. The van der Waals surface area contributed by atoms with Gasteiger partial charge in [-0.15, -0.1) is 5.10 Å². The highest BCUT2D eigenvalue weighted by atomic mass is 19.3. The molecule has 208 valence electrons. The molecule has 5 N–H and O–H groups in total. The van der Waals surface area contributed by atoms with Crippen LogP contribution in [0.4, 0.5) is 20.4 Å². The number of halogens is 2. The second kappa shape index (κ2) is 12.8. The topological polar surface area (TPSA) is 148 Å². The molecule has 1 saturated carbocycles. The number of nitrogens with one attached hydrogen (secondary N) is 1. The minimum absolute atomic E-state index is 0.0752. The summed E-state index contributed by atoms with van der Waals surface area (Å²) in [6.07, 6.45) is 4.91. The predicted octanol–water partition coefficient (Wildman–Crippen LogP) is 2.67. The van der Waals surface area contributed by atoms with E-state index < -0.39 is 5.92 Å². The summed E-state index contributed by atoms with van der Waals surface area (Å²) in [5.74, 6) is 4.00. The molecule has 0 atom stereocenters. The van der Waals surface area contributed by atoms with Crippen LogP contribution in [0.3, 0.4) is 0 Å². The van der Waals surface area contributed by atoms with Gasteiger partial charge in [-0.05, 0) is 37.8 Å². The highest BCUT2D eigenvalue weighted by Crippen LogP contribution is 2.38. The Labute approximate surface area is 221 Å². The van der Waals surface area contributed by atoms with Crippen LogP contribution >= 0.6 is 0 Å². The fourth-order valence-electron chi connectivity index (χ4n) is 4.05. The molecule has 3 heterocycles. The molecule has 4 rings (SSSR count). The van der Waals surface area contributed by atoms with E-state index in [1.807, 2.05) is 13.0 Å². The van der Waals surface area contributed by atoms with Crippen molar-refractivity contribution >= 4 is 23.3 Å². The summed E-state index contributed by atoms with van der Waals surface area (Å²) in [4.78, 5) is 20.5. The lowest BCUT2D eigenvalue weighted by Crippen LogP contribution is -2.43. The van der Waals surface area contributed by atoms with E-state index in [1.165, 1.54) is 19.0 Å². The van der Waals surface area contributed by atoms with Crippen molar-refractivity contribution in [2.45, 2.75) is 57.8 Å². The first-order chi connectivity index (χ1) is 18.0. The van der Waals surface area contributed by atoms with Crippen molar-refractivity contribution in [1.29, 1.82) is 0 Å². The summed E-state index contributed by atoms with van der Waals surface area (Å²) in [6.45, 7) is 3.88. The first kappa shape index (κ1) is 29.0. The van der Waals surface area contributed by atoms with Gasteiger partial charge in [-0.1, -0.05) is 6.92 Å². The Bertz CT molecular complexity index is 1140. The number of rotatable bonds is 8. The number of esters is 1. The Morgan fingerprint density at radius 2 is 2.03 bits per heavy atom. The van der Waals surface area contributed by atoms with Crippen molar-refractivity contribution < 1.29 is 18.3 Å². The SMILES string of the molecule is CCc1nc(/C(N)=C(\CNc2nncc(C3CC3)n2)N(C)N)ccc1N1CCCC(F)(F)C1.COC(C)=O.